The topological polar surface area (TPSA) is 110 Å². The van der Waals surface area contributed by atoms with Gasteiger partial charge in [0.2, 0.25) is 0 Å². The summed E-state index contributed by atoms with van der Waals surface area (Å²) in [7, 11) is 0. The van der Waals surface area contributed by atoms with Crippen molar-refractivity contribution in [3.63, 3.8) is 0 Å². The first-order valence-corrected chi connectivity index (χ1v) is 9.10. The molecule has 2 aromatic heterocycles. The fourth-order valence-electron chi connectivity index (χ4n) is 2.72. The highest BCUT2D eigenvalue weighted by Gasteiger charge is 2.10. The van der Waals surface area contributed by atoms with Gasteiger partial charge in [-0.05, 0) is 49.7 Å². The minimum atomic E-state index is -0.592. The third kappa shape index (κ3) is 6.08. The summed E-state index contributed by atoms with van der Waals surface area (Å²) in [5.41, 5.74) is 7.31. The van der Waals surface area contributed by atoms with Crippen LogP contribution in [0.5, 0.6) is 0 Å². The van der Waals surface area contributed by atoms with Crippen LogP contribution in [0.4, 0.5) is 0 Å². The molecule has 4 N–H and O–H groups in total. The number of hydrogen-bond acceptors (Lipinski definition) is 4. The summed E-state index contributed by atoms with van der Waals surface area (Å²) in [6.45, 7) is 5.07. The number of nitrogens with zero attached hydrogens (tertiary/aromatic N) is 3. The summed E-state index contributed by atoms with van der Waals surface area (Å²) in [6, 6.07) is 13.3. The van der Waals surface area contributed by atoms with Crippen molar-refractivity contribution in [1.82, 2.24) is 20.4 Å². The summed E-state index contributed by atoms with van der Waals surface area (Å²) >= 11 is 0. The molecule has 8 nitrogen and oxygen atoms in total. The maximum atomic E-state index is 11.1. The molecular weight excluding hydrogens is 483 g/mol. The van der Waals surface area contributed by atoms with Crippen molar-refractivity contribution in [2.45, 2.75) is 26.4 Å². The van der Waals surface area contributed by atoms with Crippen molar-refractivity contribution < 1.29 is 9.21 Å². The summed E-state index contributed by atoms with van der Waals surface area (Å²) in [4.78, 5) is 15.7. The summed E-state index contributed by atoms with van der Waals surface area (Å²) in [6.07, 6.45) is 3.66. The molecule has 154 valence electrons. The van der Waals surface area contributed by atoms with E-state index in [4.69, 9.17) is 10.2 Å². The van der Waals surface area contributed by atoms with Crippen LogP contribution in [0.1, 0.15) is 41.8 Å². The number of primary amides is 1. The molecule has 0 aliphatic rings. The van der Waals surface area contributed by atoms with E-state index in [9.17, 15) is 4.79 Å². The van der Waals surface area contributed by atoms with Gasteiger partial charge in [-0.25, -0.2) is 9.67 Å². The third-order valence-corrected chi connectivity index (χ3v) is 4.13. The summed E-state index contributed by atoms with van der Waals surface area (Å²) < 4.78 is 7.20. The molecule has 0 saturated heterocycles. The van der Waals surface area contributed by atoms with Crippen LogP contribution in [0, 0.1) is 0 Å². The molecule has 9 heteroatoms. The molecule has 0 bridgehead atoms. The number of carbonyl (C=O) groups is 1. The van der Waals surface area contributed by atoms with Gasteiger partial charge in [0.05, 0.1) is 11.7 Å². The van der Waals surface area contributed by atoms with E-state index >= 15 is 0 Å². The quantitative estimate of drug-likeness (QED) is 0.258. The number of benzene rings is 1. The van der Waals surface area contributed by atoms with Gasteiger partial charge in [-0.15, -0.1) is 24.0 Å². The molecule has 1 atom stereocenters. The smallest absolute Gasteiger partial charge is 0.284 e. The maximum Gasteiger partial charge on any atom is 0.284 e. The van der Waals surface area contributed by atoms with Crippen LogP contribution in [0.15, 0.2) is 64.3 Å². The number of halogens is 1. The number of aromatic nitrogens is 2. The fraction of sp³-hybridized carbons (Fsp3) is 0.250. The van der Waals surface area contributed by atoms with E-state index in [0.717, 1.165) is 17.8 Å². The standard InChI is InChI=1S/C20H24N6O2.HI/c1-3-22-20(23-13-17-8-9-18(28-17)19(21)27)25-14(2)15-6-4-7-16(12-15)26-11-5-10-24-26;/h4-12,14H,3,13H2,1-2H3,(H2,21,27)(H2,22,23,25);1H. The molecule has 0 saturated carbocycles. The Bertz CT molecular complexity index is 952. The Morgan fingerprint density at radius 2 is 2.14 bits per heavy atom. The second-order valence-electron chi connectivity index (χ2n) is 6.24. The predicted octanol–water partition coefficient (Wildman–Crippen LogP) is 3.00. The molecular formula is C20H25IN6O2. The summed E-state index contributed by atoms with van der Waals surface area (Å²) in [5, 5.41) is 10.9. The first kappa shape index (κ1) is 22.5. The van der Waals surface area contributed by atoms with Crippen LogP contribution in [0.3, 0.4) is 0 Å². The lowest BCUT2D eigenvalue weighted by molar-refractivity contribution is 0.0972. The predicted molar refractivity (Wildman–Crippen MR) is 123 cm³/mol. The molecule has 0 aliphatic carbocycles. The van der Waals surface area contributed by atoms with Gasteiger partial charge in [0.15, 0.2) is 11.7 Å². The molecule has 0 aliphatic heterocycles. The summed E-state index contributed by atoms with van der Waals surface area (Å²) in [5.74, 6) is 0.758. The number of carbonyl (C=O) groups excluding carboxylic acids is 1. The molecule has 29 heavy (non-hydrogen) atoms. The van der Waals surface area contributed by atoms with Crippen LogP contribution in [0.25, 0.3) is 5.69 Å². The average molecular weight is 508 g/mol. The Morgan fingerprint density at radius 1 is 1.31 bits per heavy atom. The van der Waals surface area contributed by atoms with E-state index in [1.807, 2.05) is 36.0 Å². The van der Waals surface area contributed by atoms with Crippen molar-refractivity contribution in [3.8, 4) is 5.69 Å². The van der Waals surface area contributed by atoms with Gasteiger partial charge in [0.25, 0.3) is 5.91 Å². The number of nitrogens with two attached hydrogens (primary N) is 1. The Balaban J connectivity index is 0.00000300. The average Bonchev–Trinajstić information content (AvgIpc) is 3.38. The van der Waals surface area contributed by atoms with E-state index < -0.39 is 5.91 Å². The molecule has 1 amide bonds. The Hall–Kier alpha value is -2.82. The minimum absolute atomic E-state index is 0. The van der Waals surface area contributed by atoms with Crippen LogP contribution in [-0.2, 0) is 6.54 Å². The Labute approximate surface area is 186 Å². The van der Waals surface area contributed by atoms with Crippen molar-refractivity contribution in [2.24, 2.45) is 10.7 Å². The van der Waals surface area contributed by atoms with Gasteiger partial charge in [-0.3, -0.25) is 4.79 Å². The lowest BCUT2D eigenvalue weighted by Crippen LogP contribution is -2.38. The molecule has 0 fully saturated rings. The number of hydrogen-bond donors (Lipinski definition) is 3. The SMILES string of the molecule is CCNC(=NCc1ccc(C(N)=O)o1)NC(C)c1cccc(-n2cccn2)c1.I. The van der Waals surface area contributed by atoms with Crippen LogP contribution >= 0.6 is 24.0 Å². The van der Waals surface area contributed by atoms with E-state index in [1.165, 1.54) is 0 Å². The van der Waals surface area contributed by atoms with Crippen molar-refractivity contribution >= 4 is 35.8 Å². The maximum absolute atomic E-state index is 11.1. The van der Waals surface area contributed by atoms with Gasteiger partial charge in [0, 0.05) is 18.9 Å². The fourth-order valence-corrected chi connectivity index (χ4v) is 2.72. The molecule has 2 heterocycles. The molecule has 0 spiro atoms. The van der Waals surface area contributed by atoms with E-state index in [1.54, 1.807) is 18.3 Å². The van der Waals surface area contributed by atoms with Gasteiger partial charge in [0.1, 0.15) is 12.3 Å². The van der Waals surface area contributed by atoms with E-state index in [0.29, 0.717) is 18.3 Å². The van der Waals surface area contributed by atoms with Crippen molar-refractivity contribution in [3.05, 3.63) is 71.9 Å². The second-order valence-corrected chi connectivity index (χ2v) is 6.24. The van der Waals surface area contributed by atoms with Gasteiger partial charge < -0.3 is 20.8 Å². The largest absolute Gasteiger partial charge is 0.454 e. The lowest BCUT2D eigenvalue weighted by Gasteiger charge is -2.18. The zero-order valence-electron chi connectivity index (χ0n) is 16.3. The highest BCUT2D eigenvalue weighted by Crippen LogP contribution is 2.16. The normalized spacial score (nSPS) is 12.1. The second kappa shape index (κ2) is 10.6. The number of amides is 1. The number of furan rings is 1. The first-order chi connectivity index (χ1) is 13.6. The number of aliphatic imine (C=N–C) groups is 1. The molecule has 0 radical (unpaired) electrons. The Kier molecular flexibility index (Phi) is 8.25. The van der Waals surface area contributed by atoms with Crippen molar-refractivity contribution in [1.29, 1.82) is 0 Å². The van der Waals surface area contributed by atoms with Gasteiger partial charge in [-0.2, -0.15) is 5.10 Å². The Morgan fingerprint density at radius 3 is 2.79 bits per heavy atom. The van der Waals surface area contributed by atoms with Crippen LogP contribution in [0.2, 0.25) is 0 Å². The highest BCUT2D eigenvalue weighted by molar-refractivity contribution is 14.0. The lowest BCUT2D eigenvalue weighted by atomic mass is 10.1. The van der Waals surface area contributed by atoms with Crippen LogP contribution in [-0.4, -0.2) is 28.2 Å². The monoisotopic (exact) mass is 508 g/mol. The van der Waals surface area contributed by atoms with E-state index in [2.05, 4.69) is 39.8 Å². The number of rotatable bonds is 7. The highest BCUT2D eigenvalue weighted by atomic mass is 127. The number of guanidine groups is 1. The molecule has 1 unspecified atom stereocenters. The number of nitrogens with one attached hydrogen (secondary N) is 2. The van der Waals surface area contributed by atoms with Crippen molar-refractivity contribution in [2.75, 3.05) is 6.54 Å². The first-order valence-electron chi connectivity index (χ1n) is 9.10. The zero-order valence-corrected chi connectivity index (χ0v) is 18.7. The zero-order chi connectivity index (χ0) is 19.9. The van der Waals surface area contributed by atoms with E-state index in [-0.39, 0.29) is 35.8 Å². The molecule has 3 rings (SSSR count). The molecule has 3 aromatic rings. The molecule has 1 aromatic carbocycles. The minimum Gasteiger partial charge on any atom is -0.454 e. The van der Waals surface area contributed by atoms with Gasteiger partial charge in [-0.1, -0.05) is 12.1 Å². The van der Waals surface area contributed by atoms with Gasteiger partial charge >= 0.3 is 0 Å². The third-order valence-electron chi connectivity index (χ3n) is 4.13. The van der Waals surface area contributed by atoms with Crippen LogP contribution < -0.4 is 16.4 Å².